The zero-order valence-corrected chi connectivity index (χ0v) is 13.9. The number of rotatable bonds is 5. The third-order valence-corrected chi connectivity index (χ3v) is 3.85. The van der Waals surface area contributed by atoms with Gasteiger partial charge in [-0.2, -0.15) is 0 Å². The zero-order valence-electron chi connectivity index (χ0n) is 12.3. The van der Waals surface area contributed by atoms with Crippen molar-refractivity contribution in [1.29, 1.82) is 0 Å². The van der Waals surface area contributed by atoms with E-state index in [-0.39, 0.29) is 11.9 Å². The van der Waals surface area contributed by atoms with Crippen LogP contribution in [0.1, 0.15) is 13.8 Å². The first-order chi connectivity index (χ1) is 10.1. The third kappa shape index (κ3) is 3.50. The average Bonchev–Trinajstić information content (AvgIpc) is 2.51. The van der Waals surface area contributed by atoms with E-state index in [1.807, 2.05) is 32.0 Å². The lowest BCUT2D eigenvalue weighted by Gasteiger charge is -2.25. The van der Waals surface area contributed by atoms with Crippen LogP contribution >= 0.6 is 15.9 Å². The Balaban J connectivity index is 2.38. The molecule has 1 aromatic carbocycles. The Morgan fingerprint density at radius 3 is 2.86 bits per heavy atom. The smallest absolute Gasteiger partial charge is 0.310 e. The van der Waals surface area contributed by atoms with Gasteiger partial charge in [0.25, 0.3) is 0 Å². The summed E-state index contributed by atoms with van der Waals surface area (Å²) in [4.78, 5) is 22.4. The van der Waals surface area contributed by atoms with Crippen molar-refractivity contribution in [2.24, 2.45) is 5.92 Å². The van der Waals surface area contributed by atoms with Crippen molar-refractivity contribution in [2.45, 2.75) is 13.8 Å². The van der Waals surface area contributed by atoms with Crippen LogP contribution in [0, 0.1) is 5.92 Å². The maximum Gasteiger partial charge on any atom is 0.310 e. The molecule has 6 heteroatoms. The second-order valence-corrected chi connectivity index (χ2v) is 5.74. The number of methoxy groups -OCH3 is 1. The van der Waals surface area contributed by atoms with Crippen molar-refractivity contribution >= 4 is 38.6 Å². The van der Waals surface area contributed by atoms with Crippen LogP contribution in [0.25, 0.3) is 10.9 Å². The van der Waals surface area contributed by atoms with E-state index in [0.29, 0.717) is 6.54 Å². The maximum absolute atomic E-state index is 11.6. The molecule has 112 valence electrons. The van der Waals surface area contributed by atoms with Crippen LogP contribution in [0.4, 0.5) is 5.82 Å². The van der Waals surface area contributed by atoms with Gasteiger partial charge in [-0.3, -0.25) is 4.79 Å². The first-order valence-electron chi connectivity index (χ1n) is 6.79. The maximum atomic E-state index is 11.6. The number of anilines is 1. The fourth-order valence-corrected chi connectivity index (χ4v) is 2.60. The normalized spacial score (nSPS) is 12.2. The van der Waals surface area contributed by atoms with Crippen LogP contribution in [-0.4, -0.2) is 36.1 Å². The number of ether oxygens (including phenoxy) is 1. The fraction of sp³-hybridized carbons (Fsp3) is 0.400. The Labute approximate surface area is 132 Å². The lowest BCUT2D eigenvalue weighted by Crippen LogP contribution is -2.33. The summed E-state index contributed by atoms with van der Waals surface area (Å²) in [5.74, 6) is 0.402. The predicted octanol–water partition coefficient (Wildman–Crippen LogP) is 3.03. The van der Waals surface area contributed by atoms with Crippen LogP contribution < -0.4 is 4.90 Å². The second kappa shape index (κ2) is 6.85. The van der Waals surface area contributed by atoms with Crippen LogP contribution in [0.15, 0.2) is 29.0 Å². The molecule has 0 amide bonds. The van der Waals surface area contributed by atoms with Gasteiger partial charge in [-0.05, 0) is 25.1 Å². The molecule has 21 heavy (non-hydrogen) atoms. The Kier molecular flexibility index (Phi) is 5.12. The number of carbonyl (C=O) groups is 1. The molecule has 0 saturated heterocycles. The van der Waals surface area contributed by atoms with Crippen molar-refractivity contribution in [3.05, 3.63) is 29.0 Å². The van der Waals surface area contributed by atoms with E-state index < -0.39 is 0 Å². The van der Waals surface area contributed by atoms with Gasteiger partial charge in [0.1, 0.15) is 12.1 Å². The number of benzene rings is 1. The quantitative estimate of drug-likeness (QED) is 0.775. The van der Waals surface area contributed by atoms with Gasteiger partial charge in [0, 0.05) is 22.9 Å². The molecule has 1 heterocycles. The van der Waals surface area contributed by atoms with Crippen LogP contribution in [0.5, 0.6) is 0 Å². The van der Waals surface area contributed by atoms with Gasteiger partial charge in [-0.25, -0.2) is 9.97 Å². The highest BCUT2D eigenvalue weighted by atomic mass is 79.9. The van der Waals surface area contributed by atoms with E-state index in [0.717, 1.165) is 27.7 Å². The summed E-state index contributed by atoms with van der Waals surface area (Å²) >= 11 is 3.47. The molecule has 0 N–H and O–H groups in total. The van der Waals surface area contributed by atoms with E-state index in [1.165, 1.54) is 7.11 Å². The van der Waals surface area contributed by atoms with Crippen LogP contribution in [0.3, 0.4) is 0 Å². The number of halogens is 1. The lowest BCUT2D eigenvalue weighted by atomic mass is 10.1. The molecular weight excluding hydrogens is 334 g/mol. The molecule has 0 spiro atoms. The fourth-order valence-electron chi connectivity index (χ4n) is 2.24. The van der Waals surface area contributed by atoms with Gasteiger partial charge in [0.15, 0.2) is 0 Å². The van der Waals surface area contributed by atoms with Gasteiger partial charge in [0.05, 0.1) is 18.5 Å². The number of esters is 1. The standard InChI is InChI=1S/C15H18BrN3O2/c1-4-19(8-10(2)15(20)21-3)14-12-7-11(16)5-6-13(12)17-9-18-14/h5-7,9-10H,4,8H2,1-3H3/t10-/m1/s1. The van der Waals surface area contributed by atoms with E-state index in [4.69, 9.17) is 4.74 Å². The Hall–Kier alpha value is -1.69. The molecular formula is C15H18BrN3O2. The molecule has 0 radical (unpaired) electrons. The van der Waals surface area contributed by atoms with E-state index in [1.54, 1.807) is 6.33 Å². The van der Waals surface area contributed by atoms with Gasteiger partial charge in [-0.15, -0.1) is 0 Å². The topological polar surface area (TPSA) is 55.3 Å². The predicted molar refractivity (Wildman–Crippen MR) is 86.3 cm³/mol. The summed E-state index contributed by atoms with van der Waals surface area (Å²) in [6.45, 7) is 5.20. The molecule has 0 aliphatic carbocycles. The first-order valence-corrected chi connectivity index (χ1v) is 7.59. The summed E-state index contributed by atoms with van der Waals surface area (Å²) in [5, 5.41) is 0.964. The Bertz CT molecular complexity index is 648. The van der Waals surface area contributed by atoms with Crippen molar-refractivity contribution < 1.29 is 9.53 Å². The molecule has 1 atom stereocenters. The molecule has 0 aliphatic rings. The molecule has 0 fully saturated rings. The highest BCUT2D eigenvalue weighted by Gasteiger charge is 2.19. The monoisotopic (exact) mass is 351 g/mol. The summed E-state index contributed by atoms with van der Waals surface area (Å²) in [6, 6.07) is 5.89. The van der Waals surface area contributed by atoms with Gasteiger partial charge in [-0.1, -0.05) is 22.9 Å². The van der Waals surface area contributed by atoms with Crippen molar-refractivity contribution in [1.82, 2.24) is 9.97 Å². The van der Waals surface area contributed by atoms with Gasteiger partial charge < -0.3 is 9.64 Å². The van der Waals surface area contributed by atoms with E-state index >= 15 is 0 Å². The number of carbonyl (C=O) groups excluding carboxylic acids is 1. The Morgan fingerprint density at radius 2 is 2.19 bits per heavy atom. The van der Waals surface area contributed by atoms with Gasteiger partial charge >= 0.3 is 5.97 Å². The number of aromatic nitrogens is 2. The molecule has 2 rings (SSSR count). The van der Waals surface area contributed by atoms with Crippen molar-refractivity contribution in [3.63, 3.8) is 0 Å². The van der Waals surface area contributed by atoms with E-state index in [9.17, 15) is 4.79 Å². The van der Waals surface area contributed by atoms with E-state index in [2.05, 4.69) is 30.8 Å². The number of nitrogens with zero attached hydrogens (tertiary/aromatic N) is 3. The third-order valence-electron chi connectivity index (χ3n) is 3.36. The first kappa shape index (κ1) is 15.7. The number of fused-ring (bicyclic) bond motifs is 1. The average molecular weight is 352 g/mol. The SMILES string of the molecule is CCN(C[C@@H](C)C(=O)OC)c1ncnc2ccc(Br)cc12. The molecule has 1 aromatic heterocycles. The number of hydrogen-bond acceptors (Lipinski definition) is 5. The highest BCUT2D eigenvalue weighted by Crippen LogP contribution is 2.26. The highest BCUT2D eigenvalue weighted by molar-refractivity contribution is 9.10. The zero-order chi connectivity index (χ0) is 15.4. The van der Waals surface area contributed by atoms with Crippen molar-refractivity contribution in [3.8, 4) is 0 Å². The van der Waals surface area contributed by atoms with Crippen LogP contribution in [-0.2, 0) is 9.53 Å². The van der Waals surface area contributed by atoms with Gasteiger partial charge in [0.2, 0.25) is 0 Å². The largest absolute Gasteiger partial charge is 0.469 e. The molecule has 0 bridgehead atoms. The lowest BCUT2D eigenvalue weighted by molar-refractivity contribution is -0.144. The minimum atomic E-state index is -0.216. The minimum absolute atomic E-state index is 0.215. The molecule has 5 nitrogen and oxygen atoms in total. The second-order valence-electron chi connectivity index (χ2n) is 4.82. The minimum Gasteiger partial charge on any atom is -0.469 e. The molecule has 0 saturated carbocycles. The summed E-state index contributed by atoms with van der Waals surface area (Å²) < 4.78 is 5.77. The molecule has 2 aromatic rings. The van der Waals surface area contributed by atoms with Crippen LogP contribution in [0.2, 0.25) is 0 Å². The molecule has 0 unspecified atom stereocenters. The summed E-state index contributed by atoms with van der Waals surface area (Å²) in [6.07, 6.45) is 1.55. The molecule has 0 aliphatic heterocycles. The summed E-state index contributed by atoms with van der Waals surface area (Å²) in [5.41, 5.74) is 0.882. The van der Waals surface area contributed by atoms with Crippen molar-refractivity contribution in [2.75, 3.05) is 25.1 Å². The number of hydrogen-bond donors (Lipinski definition) is 0. The summed E-state index contributed by atoms with van der Waals surface area (Å²) in [7, 11) is 1.41. The Morgan fingerprint density at radius 1 is 1.43 bits per heavy atom.